The van der Waals surface area contributed by atoms with Gasteiger partial charge in [0, 0.05) is 11.6 Å². The Labute approximate surface area is 54.8 Å². The summed E-state index contributed by atoms with van der Waals surface area (Å²) in [6.45, 7) is 1.66. The molecule has 2 nitrogen and oxygen atoms in total. The highest BCUT2D eigenvalue weighted by Gasteiger charge is 2.05. The fourth-order valence-electron chi connectivity index (χ4n) is 0.417. The van der Waals surface area contributed by atoms with E-state index in [1.807, 2.05) is 0 Å². The Hall–Kier alpha value is 0.240. The quantitative estimate of drug-likeness (QED) is 0.551. The molecule has 1 atom stereocenters. The Morgan fingerprint density at radius 2 is 2.00 bits per heavy atom. The van der Waals surface area contributed by atoms with Gasteiger partial charge in [-0.2, -0.15) is 0 Å². The molecule has 0 spiro atoms. The van der Waals surface area contributed by atoms with Crippen molar-refractivity contribution < 1.29 is 8.42 Å². The van der Waals surface area contributed by atoms with Gasteiger partial charge in [-0.3, -0.25) is 0 Å². The molecule has 0 saturated carbocycles. The van der Waals surface area contributed by atoms with Gasteiger partial charge in [-0.05, 0) is 6.92 Å². The summed E-state index contributed by atoms with van der Waals surface area (Å²) < 4.78 is 20.7. The first-order chi connectivity index (χ1) is 3.42. The van der Waals surface area contributed by atoms with Crippen LogP contribution in [0, 0.1) is 0 Å². The highest BCUT2D eigenvalue weighted by atomic mass is 35.5. The molecule has 1 unspecified atom stereocenters. The Balaban J connectivity index is 3.75. The number of halogens is 1. The summed E-state index contributed by atoms with van der Waals surface area (Å²) >= 11 is 5.38. The monoisotopic (exact) mass is 156 g/mol. The van der Waals surface area contributed by atoms with Crippen molar-refractivity contribution in [3.63, 3.8) is 0 Å². The minimum atomic E-state index is -2.86. The number of hydrogen-bond acceptors (Lipinski definition) is 2. The van der Waals surface area contributed by atoms with Gasteiger partial charge >= 0.3 is 0 Å². The second kappa shape index (κ2) is 2.69. The molecule has 0 aliphatic carbocycles. The third-order valence-electron chi connectivity index (χ3n) is 0.532. The van der Waals surface area contributed by atoms with Crippen LogP contribution < -0.4 is 0 Å². The van der Waals surface area contributed by atoms with Crippen LogP contribution in [-0.2, 0) is 9.84 Å². The number of sulfone groups is 1. The van der Waals surface area contributed by atoms with E-state index < -0.39 is 9.84 Å². The molecular weight excluding hydrogens is 148 g/mol. The van der Waals surface area contributed by atoms with E-state index >= 15 is 0 Å². The predicted molar refractivity (Wildman–Crippen MR) is 35.0 cm³/mol. The molecule has 0 radical (unpaired) electrons. The van der Waals surface area contributed by atoms with Crippen LogP contribution in [0.4, 0.5) is 0 Å². The van der Waals surface area contributed by atoms with Crippen molar-refractivity contribution in [2.45, 2.75) is 12.3 Å². The zero-order valence-corrected chi connectivity index (χ0v) is 6.46. The lowest BCUT2D eigenvalue weighted by molar-refractivity contribution is 0.601. The van der Waals surface area contributed by atoms with Crippen molar-refractivity contribution in [1.29, 1.82) is 0 Å². The summed E-state index contributed by atoms with van der Waals surface area (Å²) in [6, 6.07) is 0. The third-order valence-corrected chi connectivity index (χ3v) is 1.98. The lowest BCUT2D eigenvalue weighted by atomic mass is 10.6. The van der Waals surface area contributed by atoms with Gasteiger partial charge in [-0.1, -0.05) is 0 Å². The van der Waals surface area contributed by atoms with Gasteiger partial charge in [0.25, 0.3) is 0 Å². The third kappa shape index (κ3) is 6.24. The van der Waals surface area contributed by atoms with Gasteiger partial charge in [0.2, 0.25) is 0 Å². The van der Waals surface area contributed by atoms with Gasteiger partial charge in [0.1, 0.15) is 9.84 Å². The molecule has 0 fully saturated rings. The fourth-order valence-corrected chi connectivity index (χ4v) is 1.94. The molecule has 0 aromatic carbocycles. The highest BCUT2D eigenvalue weighted by molar-refractivity contribution is 7.90. The molecular formula is C4H9ClO2S. The first-order valence-electron chi connectivity index (χ1n) is 2.23. The van der Waals surface area contributed by atoms with E-state index in [-0.39, 0.29) is 11.1 Å². The zero-order valence-electron chi connectivity index (χ0n) is 4.89. The predicted octanol–water partition coefficient (Wildman–Crippen LogP) is 0.658. The van der Waals surface area contributed by atoms with Crippen LogP contribution in [0.1, 0.15) is 6.92 Å². The van der Waals surface area contributed by atoms with E-state index in [1.54, 1.807) is 6.92 Å². The Kier molecular flexibility index (Phi) is 2.77. The van der Waals surface area contributed by atoms with E-state index in [0.29, 0.717) is 0 Å². The molecule has 0 aromatic heterocycles. The Morgan fingerprint density at radius 1 is 1.62 bits per heavy atom. The van der Waals surface area contributed by atoms with Crippen molar-refractivity contribution >= 4 is 21.4 Å². The highest BCUT2D eigenvalue weighted by Crippen LogP contribution is 1.96. The van der Waals surface area contributed by atoms with Crippen LogP contribution in [0.25, 0.3) is 0 Å². The minimum absolute atomic E-state index is 0.0640. The summed E-state index contributed by atoms with van der Waals surface area (Å²) in [7, 11) is -2.86. The van der Waals surface area contributed by atoms with Crippen LogP contribution in [0.5, 0.6) is 0 Å². The SMILES string of the molecule is CC(Cl)CS(C)(=O)=O. The van der Waals surface area contributed by atoms with Crippen molar-refractivity contribution in [2.75, 3.05) is 12.0 Å². The standard InChI is InChI=1S/C4H9ClO2S/c1-4(5)3-8(2,6)7/h4H,3H2,1-2H3. The molecule has 0 aliphatic heterocycles. The van der Waals surface area contributed by atoms with Crippen LogP contribution in [0.3, 0.4) is 0 Å². The minimum Gasteiger partial charge on any atom is -0.229 e. The molecule has 0 aromatic rings. The molecule has 0 heterocycles. The van der Waals surface area contributed by atoms with Crippen LogP contribution in [0.15, 0.2) is 0 Å². The molecule has 0 saturated heterocycles. The molecule has 50 valence electrons. The van der Waals surface area contributed by atoms with Gasteiger partial charge in [-0.25, -0.2) is 8.42 Å². The fraction of sp³-hybridized carbons (Fsp3) is 1.00. The van der Waals surface area contributed by atoms with Crippen LogP contribution in [-0.4, -0.2) is 25.8 Å². The second-order valence-electron chi connectivity index (χ2n) is 1.87. The zero-order chi connectivity index (χ0) is 6.78. The van der Waals surface area contributed by atoms with Gasteiger partial charge < -0.3 is 0 Å². The number of alkyl halides is 1. The molecule has 0 bridgehead atoms. The maximum Gasteiger partial charge on any atom is 0.148 e. The molecule has 0 rings (SSSR count). The lowest BCUT2D eigenvalue weighted by Gasteiger charge is -1.96. The molecule has 0 aliphatic rings. The van der Waals surface area contributed by atoms with Crippen molar-refractivity contribution in [1.82, 2.24) is 0 Å². The van der Waals surface area contributed by atoms with Gasteiger partial charge in [0.05, 0.1) is 5.75 Å². The normalized spacial score (nSPS) is 15.9. The Bertz CT molecular complexity index is 147. The van der Waals surface area contributed by atoms with E-state index in [2.05, 4.69) is 0 Å². The van der Waals surface area contributed by atoms with E-state index in [4.69, 9.17) is 11.6 Å². The van der Waals surface area contributed by atoms with Crippen LogP contribution >= 0.6 is 11.6 Å². The molecule has 0 amide bonds. The first-order valence-corrected chi connectivity index (χ1v) is 4.73. The molecule has 4 heteroatoms. The summed E-state index contributed by atoms with van der Waals surface area (Å²) in [6.07, 6.45) is 1.17. The summed E-state index contributed by atoms with van der Waals surface area (Å²) in [5, 5.41) is -0.273. The summed E-state index contributed by atoms with van der Waals surface area (Å²) in [5.41, 5.74) is 0. The van der Waals surface area contributed by atoms with E-state index in [9.17, 15) is 8.42 Å². The Morgan fingerprint density at radius 3 is 2.00 bits per heavy atom. The van der Waals surface area contributed by atoms with E-state index in [1.165, 1.54) is 6.26 Å². The van der Waals surface area contributed by atoms with Crippen molar-refractivity contribution in [3.8, 4) is 0 Å². The average molecular weight is 157 g/mol. The summed E-state index contributed by atoms with van der Waals surface area (Å²) in [4.78, 5) is 0. The topological polar surface area (TPSA) is 34.1 Å². The molecule has 8 heavy (non-hydrogen) atoms. The summed E-state index contributed by atoms with van der Waals surface area (Å²) in [5.74, 6) is 0.0640. The maximum atomic E-state index is 10.4. The average Bonchev–Trinajstić information content (AvgIpc) is 1.21. The van der Waals surface area contributed by atoms with E-state index in [0.717, 1.165) is 0 Å². The number of rotatable bonds is 2. The first kappa shape index (κ1) is 8.24. The lowest BCUT2D eigenvalue weighted by Crippen LogP contribution is -2.10. The van der Waals surface area contributed by atoms with Crippen molar-refractivity contribution in [3.05, 3.63) is 0 Å². The van der Waals surface area contributed by atoms with Gasteiger partial charge in [0.15, 0.2) is 0 Å². The smallest absolute Gasteiger partial charge is 0.148 e. The second-order valence-corrected chi connectivity index (χ2v) is 4.80. The van der Waals surface area contributed by atoms with Crippen molar-refractivity contribution in [2.24, 2.45) is 0 Å². The number of hydrogen-bond donors (Lipinski definition) is 0. The molecule has 0 N–H and O–H groups in total. The van der Waals surface area contributed by atoms with Gasteiger partial charge in [-0.15, -0.1) is 11.6 Å². The largest absolute Gasteiger partial charge is 0.229 e. The van der Waals surface area contributed by atoms with Crippen LogP contribution in [0.2, 0.25) is 0 Å². The maximum absolute atomic E-state index is 10.4.